The number of primary amides is 2. The summed E-state index contributed by atoms with van der Waals surface area (Å²) in [7, 11) is 0. The van der Waals surface area contributed by atoms with Gasteiger partial charge in [-0.15, -0.1) is 0 Å². The van der Waals surface area contributed by atoms with Gasteiger partial charge in [0.15, 0.2) is 5.13 Å². The Hall–Kier alpha value is -2.15. The average Bonchev–Trinajstić information content (AvgIpc) is 3.03. The summed E-state index contributed by atoms with van der Waals surface area (Å²) in [6, 6.07) is 5.95. The van der Waals surface area contributed by atoms with Crippen molar-refractivity contribution in [2.24, 2.45) is 23.3 Å². The molecule has 2 aromatic rings. The zero-order chi connectivity index (χ0) is 15.1. The lowest BCUT2D eigenvalue weighted by Gasteiger charge is -2.13. The fourth-order valence-electron chi connectivity index (χ4n) is 2.75. The molecular weight excluding hydrogens is 288 g/mol. The van der Waals surface area contributed by atoms with E-state index >= 15 is 0 Å². The standard InChI is InChI=1S/C14H16N4O2S/c1-7-3-2-4-10-11(7)21-14(17-10)18-5-8(12(15)19)9(6-18)13(16)20/h2-4,8-9H,5-6H2,1H3,(H2,15,19)(H2,16,20)/t8-,9-/m1/s1. The number of benzene rings is 1. The first-order valence-electron chi connectivity index (χ1n) is 6.67. The molecule has 7 heteroatoms. The summed E-state index contributed by atoms with van der Waals surface area (Å²) >= 11 is 1.56. The number of carbonyl (C=O) groups is 2. The van der Waals surface area contributed by atoms with E-state index in [1.54, 1.807) is 11.3 Å². The fourth-order valence-corrected chi connectivity index (χ4v) is 3.80. The number of amides is 2. The molecule has 0 bridgehead atoms. The lowest BCUT2D eigenvalue weighted by molar-refractivity contribution is -0.129. The first-order chi connectivity index (χ1) is 9.97. The zero-order valence-electron chi connectivity index (χ0n) is 11.6. The van der Waals surface area contributed by atoms with Crippen molar-refractivity contribution in [2.75, 3.05) is 18.0 Å². The first kappa shape index (κ1) is 13.8. The highest BCUT2D eigenvalue weighted by Crippen LogP contribution is 2.35. The second kappa shape index (κ2) is 5.00. The molecule has 1 saturated heterocycles. The Balaban J connectivity index is 1.94. The summed E-state index contributed by atoms with van der Waals surface area (Å²) < 4.78 is 1.12. The van der Waals surface area contributed by atoms with Gasteiger partial charge in [0, 0.05) is 13.1 Å². The van der Waals surface area contributed by atoms with E-state index in [-0.39, 0.29) is 0 Å². The van der Waals surface area contributed by atoms with Gasteiger partial charge in [0.2, 0.25) is 11.8 Å². The Labute approximate surface area is 125 Å². The Bertz CT molecular complexity index is 705. The van der Waals surface area contributed by atoms with E-state index in [1.807, 2.05) is 30.0 Å². The monoisotopic (exact) mass is 304 g/mol. The summed E-state index contributed by atoms with van der Waals surface area (Å²) in [6.45, 7) is 2.82. The Kier molecular flexibility index (Phi) is 3.29. The topological polar surface area (TPSA) is 102 Å². The normalized spacial score (nSPS) is 21.9. The van der Waals surface area contributed by atoms with Crippen LogP contribution in [0.15, 0.2) is 18.2 Å². The van der Waals surface area contributed by atoms with Gasteiger partial charge < -0.3 is 16.4 Å². The number of nitrogens with two attached hydrogens (primary N) is 2. The molecule has 21 heavy (non-hydrogen) atoms. The molecule has 4 N–H and O–H groups in total. The van der Waals surface area contributed by atoms with E-state index in [4.69, 9.17) is 11.5 Å². The van der Waals surface area contributed by atoms with Gasteiger partial charge >= 0.3 is 0 Å². The SMILES string of the molecule is Cc1cccc2nc(N3C[C@@H](C(N)=O)[C@H](C(N)=O)C3)sc12. The molecule has 1 aliphatic rings. The summed E-state index contributed by atoms with van der Waals surface area (Å²) in [6.07, 6.45) is 0. The van der Waals surface area contributed by atoms with Gasteiger partial charge in [-0.2, -0.15) is 0 Å². The lowest BCUT2D eigenvalue weighted by Crippen LogP contribution is -2.36. The van der Waals surface area contributed by atoms with Gasteiger partial charge in [0.05, 0.1) is 22.1 Å². The van der Waals surface area contributed by atoms with Crippen molar-refractivity contribution in [1.29, 1.82) is 0 Å². The van der Waals surface area contributed by atoms with Crippen molar-refractivity contribution < 1.29 is 9.59 Å². The summed E-state index contributed by atoms with van der Waals surface area (Å²) in [4.78, 5) is 29.5. The maximum Gasteiger partial charge on any atom is 0.223 e. The van der Waals surface area contributed by atoms with E-state index in [0.29, 0.717) is 13.1 Å². The highest BCUT2D eigenvalue weighted by Gasteiger charge is 2.40. The maximum atomic E-state index is 11.5. The van der Waals surface area contributed by atoms with Crippen molar-refractivity contribution >= 4 is 38.5 Å². The minimum atomic E-state index is -0.546. The van der Waals surface area contributed by atoms with Gasteiger partial charge in [-0.05, 0) is 18.6 Å². The van der Waals surface area contributed by atoms with Crippen LogP contribution >= 0.6 is 11.3 Å². The first-order valence-corrected chi connectivity index (χ1v) is 7.48. The van der Waals surface area contributed by atoms with E-state index in [0.717, 1.165) is 20.9 Å². The van der Waals surface area contributed by atoms with Crippen LogP contribution in [0, 0.1) is 18.8 Å². The molecule has 1 aromatic heterocycles. The molecule has 0 saturated carbocycles. The molecule has 110 valence electrons. The molecule has 2 heterocycles. The number of anilines is 1. The van der Waals surface area contributed by atoms with Gasteiger partial charge in [0.1, 0.15) is 0 Å². The second-order valence-electron chi connectivity index (χ2n) is 5.34. The van der Waals surface area contributed by atoms with E-state index < -0.39 is 23.7 Å². The molecule has 1 aromatic carbocycles. The largest absolute Gasteiger partial charge is 0.369 e. The molecule has 0 unspecified atom stereocenters. The van der Waals surface area contributed by atoms with Crippen LogP contribution in [-0.2, 0) is 9.59 Å². The Morgan fingerprint density at radius 1 is 1.24 bits per heavy atom. The molecule has 0 radical (unpaired) electrons. The predicted molar refractivity (Wildman–Crippen MR) is 81.9 cm³/mol. The minimum absolute atomic E-state index is 0.391. The van der Waals surface area contributed by atoms with Crippen molar-refractivity contribution in [1.82, 2.24) is 4.98 Å². The van der Waals surface area contributed by atoms with Gasteiger partial charge in [-0.1, -0.05) is 23.5 Å². The van der Waals surface area contributed by atoms with E-state index in [2.05, 4.69) is 4.98 Å². The Morgan fingerprint density at radius 3 is 2.38 bits per heavy atom. The number of hydrogen-bond donors (Lipinski definition) is 2. The fraction of sp³-hybridized carbons (Fsp3) is 0.357. The number of aryl methyl sites for hydroxylation is 1. The number of rotatable bonds is 3. The second-order valence-corrected chi connectivity index (χ2v) is 6.32. The molecule has 2 atom stereocenters. The number of nitrogens with zero attached hydrogens (tertiary/aromatic N) is 2. The highest BCUT2D eigenvalue weighted by atomic mass is 32.1. The molecule has 2 amide bonds. The molecule has 6 nitrogen and oxygen atoms in total. The summed E-state index contributed by atoms with van der Waals surface area (Å²) in [5.41, 5.74) is 12.8. The Morgan fingerprint density at radius 2 is 1.86 bits per heavy atom. The minimum Gasteiger partial charge on any atom is -0.369 e. The third kappa shape index (κ3) is 2.33. The zero-order valence-corrected chi connectivity index (χ0v) is 12.4. The molecule has 3 rings (SSSR count). The smallest absolute Gasteiger partial charge is 0.223 e. The van der Waals surface area contributed by atoms with Gasteiger partial charge in [-0.3, -0.25) is 9.59 Å². The highest BCUT2D eigenvalue weighted by molar-refractivity contribution is 7.22. The van der Waals surface area contributed by atoms with Crippen LogP contribution in [0.5, 0.6) is 0 Å². The number of thiazole rings is 1. The number of fused-ring (bicyclic) bond motifs is 1. The number of hydrogen-bond acceptors (Lipinski definition) is 5. The van der Waals surface area contributed by atoms with Gasteiger partial charge in [0.25, 0.3) is 0 Å². The van der Waals surface area contributed by atoms with Crippen LogP contribution in [-0.4, -0.2) is 29.9 Å². The number of carbonyl (C=O) groups excluding carboxylic acids is 2. The number of aromatic nitrogens is 1. The van der Waals surface area contributed by atoms with Crippen molar-refractivity contribution in [2.45, 2.75) is 6.92 Å². The van der Waals surface area contributed by atoms with Gasteiger partial charge in [-0.25, -0.2) is 4.98 Å². The maximum absolute atomic E-state index is 11.5. The lowest BCUT2D eigenvalue weighted by atomic mass is 9.95. The quantitative estimate of drug-likeness (QED) is 0.868. The third-order valence-corrected chi connectivity index (χ3v) is 5.19. The van der Waals surface area contributed by atoms with Crippen LogP contribution < -0.4 is 16.4 Å². The van der Waals surface area contributed by atoms with Crippen LogP contribution in [0.3, 0.4) is 0 Å². The average molecular weight is 304 g/mol. The van der Waals surface area contributed by atoms with Crippen molar-refractivity contribution in [3.63, 3.8) is 0 Å². The molecule has 1 aliphatic heterocycles. The third-order valence-electron chi connectivity index (χ3n) is 3.92. The van der Waals surface area contributed by atoms with Crippen LogP contribution in [0.1, 0.15) is 5.56 Å². The van der Waals surface area contributed by atoms with E-state index in [9.17, 15) is 9.59 Å². The molecule has 0 aliphatic carbocycles. The molecular formula is C14H16N4O2S. The predicted octanol–water partition coefficient (Wildman–Crippen LogP) is 0.628. The van der Waals surface area contributed by atoms with Crippen molar-refractivity contribution in [3.05, 3.63) is 23.8 Å². The summed E-state index contributed by atoms with van der Waals surface area (Å²) in [5.74, 6) is -2.07. The summed E-state index contributed by atoms with van der Waals surface area (Å²) in [5, 5.41) is 0.800. The molecule has 0 spiro atoms. The van der Waals surface area contributed by atoms with E-state index in [1.165, 1.54) is 0 Å². The molecule has 1 fully saturated rings. The van der Waals surface area contributed by atoms with Crippen LogP contribution in [0.4, 0.5) is 5.13 Å². The van der Waals surface area contributed by atoms with Crippen LogP contribution in [0.2, 0.25) is 0 Å². The van der Waals surface area contributed by atoms with Crippen LogP contribution in [0.25, 0.3) is 10.2 Å². The van der Waals surface area contributed by atoms with Crippen molar-refractivity contribution in [3.8, 4) is 0 Å².